The van der Waals surface area contributed by atoms with Crippen LogP contribution in [0.3, 0.4) is 0 Å². The highest BCUT2D eigenvalue weighted by atomic mass is 35.5. The number of hydrogen-bond donors (Lipinski definition) is 1. The van der Waals surface area contributed by atoms with Crippen molar-refractivity contribution in [2.24, 2.45) is 4.99 Å². The van der Waals surface area contributed by atoms with E-state index in [1.165, 1.54) is 5.69 Å². The predicted molar refractivity (Wildman–Crippen MR) is 94.5 cm³/mol. The Morgan fingerprint density at radius 3 is 2.61 bits per heavy atom. The fraction of sp³-hybridized carbons (Fsp3) is 0.278. The fourth-order valence-corrected chi connectivity index (χ4v) is 3.35. The van der Waals surface area contributed by atoms with Crippen molar-refractivity contribution in [1.29, 1.82) is 0 Å². The van der Waals surface area contributed by atoms with E-state index in [0.717, 1.165) is 36.7 Å². The minimum atomic E-state index is -0.593. The molecule has 2 aliphatic rings. The number of β-amino-alcohol motifs (C(OH)–C–C–N with tert-alkyl or cyclic N) is 1. The molecule has 2 heterocycles. The van der Waals surface area contributed by atoms with Gasteiger partial charge in [-0.05, 0) is 36.2 Å². The first-order chi connectivity index (χ1) is 11.2. The zero-order valence-electron chi connectivity index (χ0n) is 12.7. The average molecular weight is 328 g/mol. The monoisotopic (exact) mass is 327 g/mol. The second-order valence-corrected chi connectivity index (χ2v) is 6.29. The third-order valence-corrected chi connectivity index (χ3v) is 4.60. The van der Waals surface area contributed by atoms with E-state index in [9.17, 15) is 5.11 Å². The minimum absolute atomic E-state index is 0.480. The first-order valence-electron chi connectivity index (χ1n) is 7.86. The molecule has 0 saturated carbocycles. The van der Waals surface area contributed by atoms with Gasteiger partial charge in [-0.25, -0.2) is 0 Å². The van der Waals surface area contributed by atoms with Gasteiger partial charge < -0.3 is 14.9 Å². The maximum absolute atomic E-state index is 10.6. The van der Waals surface area contributed by atoms with Gasteiger partial charge in [0.15, 0.2) is 0 Å². The summed E-state index contributed by atoms with van der Waals surface area (Å²) in [6.07, 6.45) is 0.468. The number of aliphatic imine (C=N–C) groups is 1. The molecule has 2 aromatic carbocycles. The predicted octanol–water partition coefficient (Wildman–Crippen LogP) is 3.46. The number of aliphatic hydroxyl groups excluding tert-OH is 1. The second-order valence-electron chi connectivity index (χ2n) is 5.85. The third-order valence-electron chi connectivity index (χ3n) is 4.35. The number of guanidine groups is 1. The lowest BCUT2D eigenvalue weighted by Gasteiger charge is -2.28. The standard InChI is InChI=1S/C18H18ClN3O/c19-14-8-6-13(7-9-14)17(23)12-22-16-5-2-1-4-15(16)21-11-3-10-20-18(21)22/h1-2,4-9,17,23H,3,10-12H2/t17-/m1/s1. The van der Waals surface area contributed by atoms with Crippen LogP contribution in [-0.4, -0.2) is 30.7 Å². The Kier molecular flexibility index (Phi) is 3.71. The van der Waals surface area contributed by atoms with Crippen LogP contribution in [-0.2, 0) is 0 Å². The van der Waals surface area contributed by atoms with E-state index in [2.05, 4.69) is 26.9 Å². The van der Waals surface area contributed by atoms with Gasteiger partial charge in [-0.3, -0.25) is 4.99 Å². The largest absolute Gasteiger partial charge is 0.387 e. The van der Waals surface area contributed by atoms with Crippen LogP contribution in [0, 0.1) is 0 Å². The van der Waals surface area contributed by atoms with E-state index in [4.69, 9.17) is 11.6 Å². The highest BCUT2D eigenvalue weighted by molar-refractivity contribution is 6.30. The van der Waals surface area contributed by atoms with Crippen LogP contribution in [0.25, 0.3) is 0 Å². The van der Waals surface area contributed by atoms with Crippen molar-refractivity contribution < 1.29 is 5.11 Å². The smallest absolute Gasteiger partial charge is 0.205 e. The molecular weight excluding hydrogens is 310 g/mol. The van der Waals surface area contributed by atoms with Crippen LogP contribution in [0.2, 0.25) is 5.02 Å². The van der Waals surface area contributed by atoms with Crippen LogP contribution in [0.15, 0.2) is 53.5 Å². The summed E-state index contributed by atoms with van der Waals surface area (Å²) >= 11 is 5.93. The van der Waals surface area contributed by atoms with E-state index >= 15 is 0 Å². The van der Waals surface area contributed by atoms with E-state index in [-0.39, 0.29) is 0 Å². The van der Waals surface area contributed by atoms with Crippen molar-refractivity contribution in [2.45, 2.75) is 12.5 Å². The second kappa shape index (κ2) is 5.87. The Labute approximate surface area is 140 Å². The number of halogens is 1. The molecule has 0 fully saturated rings. The lowest BCUT2D eigenvalue weighted by molar-refractivity contribution is 0.187. The van der Waals surface area contributed by atoms with Crippen LogP contribution < -0.4 is 9.80 Å². The van der Waals surface area contributed by atoms with Gasteiger partial charge >= 0.3 is 0 Å². The molecule has 5 heteroatoms. The van der Waals surface area contributed by atoms with Crippen molar-refractivity contribution in [3.63, 3.8) is 0 Å². The highest BCUT2D eigenvalue weighted by Gasteiger charge is 2.34. The normalized spacial score (nSPS) is 17.6. The molecule has 1 atom stereocenters. The molecule has 0 bridgehead atoms. The van der Waals surface area contributed by atoms with E-state index in [1.54, 1.807) is 0 Å². The minimum Gasteiger partial charge on any atom is -0.387 e. The average Bonchev–Trinajstić information content (AvgIpc) is 2.90. The van der Waals surface area contributed by atoms with Gasteiger partial charge in [0.05, 0.1) is 24.0 Å². The molecule has 0 radical (unpaired) electrons. The van der Waals surface area contributed by atoms with Gasteiger partial charge in [0.25, 0.3) is 0 Å². The van der Waals surface area contributed by atoms with Gasteiger partial charge in [-0.15, -0.1) is 0 Å². The quantitative estimate of drug-likeness (QED) is 0.938. The Balaban J connectivity index is 1.65. The Morgan fingerprint density at radius 1 is 1.09 bits per heavy atom. The summed E-state index contributed by atoms with van der Waals surface area (Å²) in [6.45, 7) is 2.30. The zero-order valence-corrected chi connectivity index (χ0v) is 13.4. The zero-order chi connectivity index (χ0) is 15.8. The van der Waals surface area contributed by atoms with Gasteiger partial charge in [0, 0.05) is 18.1 Å². The summed E-state index contributed by atoms with van der Waals surface area (Å²) in [5, 5.41) is 11.3. The SMILES string of the molecule is O[C@H](CN1C2=NCCCN2c2ccccc21)c1ccc(Cl)cc1. The van der Waals surface area contributed by atoms with E-state index < -0.39 is 6.10 Å². The molecule has 0 saturated heterocycles. The third kappa shape index (κ3) is 2.58. The summed E-state index contributed by atoms with van der Waals surface area (Å²) in [4.78, 5) is 9.05. The number of para-hydroxylation sites is 2. The summed E-state index contributed by atoms with van der Waals surface area (Å²) in [6, 6.07) is 15.6. The summed E-state index contributed by atoms with van der Waals surface area (Å²) in [7, 11) is 0. The van der Waals surface area contributed by atoms with Gasteiger partial charge in [-0.1, -0.05) is 35.9 Å². The van der Waals surface area contributed by atoms with Crippen molar-refractivity contribution in [3.05, 3.63) is 59.1 Å². The maximum Gasteiger partial charge on any atom is 0.205 e. The van der Waals surface area contributed by atoms with Crippen molar-refractivity contribution in [2.75, 3.05) is 29.4 Å². The number of fused-ring (bicyclic) bond motifs is 3. The van der Waals surface area contributed by atoms with E-state index in [1.807, 2.05) is 36.4 Å². The van der Waals surface area contributed by atoms with Crippen LogP contribution in [0.5, 0.6) is 0 Å². The molecular formula is C18H18ClN3O. The van der Waals surface area contributed by atoms with Crippen LogP contribution in [0.4, 0.5) is 11.4 Å². The van der Waals surface area contributed by atoms with Crippen molar-refractivity contribution >= 4 is 28.9 Å². The highest BCUT2D eigenvalue weighted by Crippen LogP contribution is 2.39. The topological polar surface area (TPSA) is 39.1 Å². The Morgan fingerprint density at radius 2 is 1.83 bits per heavy atom. The summed E-state index contributed by atoms with van der Waals surface area (Å²) in [5.74, 6) is 0.950. The van der Waals surface area contributed by atoms with Crippen molar-refractivity contribution in [3.8, 4) is 0 Å². The fourth-order valence-electron chi connectivity index (χ4n) is 3.22. The Bertz CT molecular complexity index is 744. The number of nitrogens with zero attached hydrogens (tertiary/aromatic N) is 3. The molecule has 0 spiro atoms. The summed E-state index contributed by atoms with van der Waals surface area (Å²) in [5.41, 5.74) is 3.15. The number of rotatable bonds is 3. The van der Waals surface area contributed by atoms with E-state index in [0.29, 0.717) is 11.6 Å². The van der Waals surface area contributed by atoms with Crippen LogP contribution in [0.1, 0.15) is 18.1 Å². The van der Waals surface area contributed by atoms with Gasteiger partial charge in [0.2, 0.25) is 5.96 Å². The molecule has 2 aliphatic heterocycles. The maximum atomic E-state index is 10.6. The lowest BCUT2D eigenvalue weighted by Crippen LogP contribution is -2.43. The molecule has 0 aliphatic carbocycles. The number of benzene rings is 2. The number of hydrogen-bond acceptors (Lipinski definition) is 4. The molecule has 23 heavy (non-hydrogen) atoms. The molecule has 0 unspecified atom stereocenters. The molecule has 0 aromatic heterocycles. The first kappa shape index (κ1) is 14.5. The summed E-state index contributed by atoms with van der Waals surface area (Å²) < 4.78 is 0. The van der Waals surface area contributed by atoms with Gasteiger partial charge in [-0.2, -0.15) is 0 Å². The molecule has 4 nitrogen and oxygen atoms in total. The lowest BCUT2D eigenvalue weighted by atomic mass is 10.1. The molecule has 2 aromatic rings. The molecule has 1 N–H and O–H groups in total. The number of aliphatic hydroxyl groups is 1. The van der Waals surface area contributed by atoms with Crippen molar-refractivity contribution in [1.82, 2.24) is 0 Å². The molecule has 4 rings (SSSR count). The molecule has 118 valence electrons. The first-order valence-corrected chi connectivity index (χ1v) is 8.24. The van der Waals surface area contributed by atoms with Gasteiger partial charge in [0.1, 0.15) is 0 Å². The Hall–Kier alpha value is -2.04. The van der Waals surface area contributed by atoms with Crippen LogP contribution >= 0.6 is 11.6 Å². The number of anilines is 2. The molecule has 0 amide bonds.